The molecule has 0 N–H and O–H groups in total. The van der Waals surface area contributed by atoms with Gasteiger partial charge in [0, 0.05) is 0 Å². The molecule has 0 heterocycles. The zero-order valence-electron chi connectivity index (χ0n) is 7.33. The van der Waals surface area contributed by atoms with E-state index in [1.807, 2.05) is 0 Å². The first kappa shape index (κ1) is 11.8. The molecule has 0 saturated heterocycles. The predicted molar refractivity (Wildman–Crippen MR) is 46.0 cm³/mol. The van der Waals surface area contributed by atoms with E-state index < -0.39 is 13.5 Å². The van der Waals surface area contributed by atoms with Crippen LogP contribution in [0.3, 0.4) is 0 Å². The molecule has 0 spiro atoms. The van der Waals surface area contributed by atoms with E-state index in [9.17, 15) is 8.96 Å². The molecule has 3 nitrogen and oxygen atoms in total. The van der Waals surface area contributed by atoms with Gasteiger partial charge >= 0.3 is 7.60 Å². The van der Waals surface area contributed by atoms with Crippen LogP contribution in [-0.2, 0) is 13.6 Å². The minimum Gasteiger partial charge on any atom is -0.307 e. The van der Waals surface area contributed by atoms with Gasteiger partial charge in [-0.05, 0) is 19.9 Å². The molecule has 5 heteroatoms. The van der Waals surface area contributed by atoms with Gasteiger partial charge < -0.3 is 9.05 Å². The molecule has 72 valence electrons. The van der Waals surface area contributed by atoms with Crippen LogP contribution in [0.25, 0.3) is 0 Å². The second-order valence-corrected chi connectivity index (χ2v) is 4.07. The van der Waals surface area contributed by atoms with Crippen LogP contribution in [0.1, 0.15) is 13.8 Å². The molecule has 0 aromatic heterocycles. The summed E-state index contributed by atoms with van der Waals surface area (Å²) in [6.45, 7) is 6.75. The van der Waals surface area contributed by atoms with Crippen molar-refractivity contribution >= 4 is 7.60 Å². The lowest BCUT2D eigenvalue weighted by Gasteiger charge is -2.17. The van der Waals surface area contributed by atoms with Crippen molar-refractivity contribution < 1.29 is 18.0 Å². The van der Waals surface area contributed by atoms with E-state index in [1.54, 1.807) is 13.8 Å². The van der Waals surface area contributed by atoms with Crippen molar-refractivity contribution in [3.8, 4) is 0 Å². The molecule has 0 bridgehead atoms. The van der Waals surface area contributed by atoms with Crippen LogP contribution >= 0.6 is 7.60 Å². The van der Waals surface area contributed by atoms with E-state index in [0.717, 1.165) is 6.08 Å². The summed E-state index contributed by atoms with van der Waals surface area (Å²) in [6.07, 6.45) is 0.923. The lowest BCUT2D eigenvalue weighted by Crippen LogP contribution is -2.05. The maximum atomic E-state index is 12.9. The summed E-state index contributed by atoms with van der Waals surface area (Å²) in [6, 6.07) is 0. The number of allylic oxidation sites excluding steroid dienone is 1. The summed E-state index contributed by atoms with van der Waals surface area (Å²) >= 11 is 0. The van der Waals surface area contributed by atoms with Gasteiger partial charge in [-0.2, -0.15) is 0 Å². The Kier molecular flexibility index (Phi) is 5.38. The number of rotatable bonds is 6. The van der Waals surface area contributed by atoms with Crippen molar-refractivity contribution in [1.82, 2.24) is 0 Å². The molecule has 0 saturated carbocycles. The highest BCUT2D eigenvalue weighted by Gasteiger charge is 2.33. The first-order chi connectivity index (χ1) is 5.60. The van der Waals surface area contributed by atoms with E-state index >= 15 is 0 Å². The molecule has 0 aliphatic rings. The lowest BCUT2D eigenvalue weighted by molar-refractivity contribution is 0.199. The maximum absolute atomic E-state index is 12.9. The molecule has 0 fully saturated rings. The van der Waals surface area contributed by atoms with Crippen LogP contribution in [-0.4, -0.2) is 19.1 Å². The smallest absolute Gasteiger partial charge is 0.307 e. The monoisotopic (exact) mass is 196 g/mol. The van der Waals surface area contributed by atoms with E-state index in [2.05, 4.69) is 6.58 Å². The summed E-state index contributed by atoms with van der Waals surface area (Å²) in [5, 5.41) is 0. The van der Waals surface area contributed by atoms with Crippen LogP contribution in [0.5, 0.6) is 0 Å². The molecule has 1 unspecified atom stereocenters. The molecular weight excluding hydrogens is 182 g/mol. The second kappa shape index (κ2) is 5.46. The average Bonchev–Trinajstić information content (AvgIpc) is 2.04. The highest BCUT2D eigenvalue weighted by molar-refractivity contribution is 7.54. The molecular formula is C7H14FO3P. The summed E-state index contributed by atoms with van der Waals surface area (Å²) in [7, 11) is -3.60. The minimum atomic E-state index is -3.60. The maximum Gasteiger partial charge on any atom is 0.368 e. The largest absolute Gasteiger partial charge is 0.368 e. The van der Waals surface area contributed by atoms with Crippen molar-refractivity contribution in [3.63, 3.8) is 0 Å². The zero-order chi connectivity index (χ0) is 9.61. The Morgan fingerprint density at radius 3 is 2.17 bits per heavy atom. The van der Waals surface area contributed by atoms with Crippen LogP contribution < -0.4 is 0 Å². The Morgan fingerprint density at radius 1 is 1.50 bits per heavy atom. The molecule has 1 atom stereocenters. The van der Waals surface area contributed by atoms with Crippen molar-refractivity contribution in [1.29, 1.82) is 0 Å². The summed E-state index contributed by atoms with van der Waals surface area (Å²) in [5.41, 5.74) is 0. The van der Waals surface area contributed by atoms with Crippen molar-refractivity contribution in [2.45, 2.75) is 19.8 Å². The molecule has 0 aromatic carbocycles. The average molecular weight is 196 g/mol. The Balaban J connectivity index is 4.37. The number of alkyl halides is 1. The summed E-state index contributed by atoms with van der Waals surface area (Å²) < 4.78 is 33.8. The van der Waals surface area contributed by atoms with Crippen LogP contribution in [0.4, 0.5) is 4.39 Å². The number of hydrogen-bond acceptors (Lipinski definition) is 3. The van der Waals surface area contributed by atoms with E-state index in [4.69, 9.17) is 9.05 Å². The summed E-state index contributed by atoms with van der Waals surface area (Å²) in [4.78, 5) is 0. The zero-order valence-corrected chi connectivity index (χ0v) is 8.22. The van der Waals surface area contributed by atoms with Gasteiger partial charge in [0.1, 0.15) is 0 Å². The SMILES string of the molecule is C=CC(F)P(=O)(OCC)OCC. The quantitative estimate of drug-likeness (QED) is 0.484. The third-order valence-electron chi connectivity index (χ3n) is 1.11. The normalized spacial score (nSPS) is 14.2. The Bertz CT molecular complexity index is 173. The van der Waals surface area contributed by atoms with Crippen molar-refractivity contribution in [2.75, 3.05) is 13.2 Å². The van der Waals surface area contributed by atoms with Crippen LogP contribution in [0.2, 0.25) is 0 Å². The van der Waals surface area contributed by atoms with E-state index in [0.29, 0.717) is 0 Å². The molecule has 0 aliphatic heterocycles. The van der Waals surface area contributed by atoms with Gasteiger partial charge in [-0.25, -0.2) is 4.39 Å². The van der Waals surface area contributed by atoms with Gasteiger partial charge in [-0.1, -0.05) is 6.58 Å². The predicted octanol–water partition coefficient (Wildman–Crippen LogP) is 2.73. The van der Waals surface area contributed by atoms with Crippen molar-refractivity contribution in [2.24, 2.45) is 0 Å². The number of hydrogen-bond donors (Lipinski definition) is 0. The Labute approximate surface area is 72.1 Å². The molecule has 0 radical (unpaired) electrons. The molecule has 12 heavy (non-hydrogen) atoms. The van der Waals surface area contributed by atoms with Crippen LogP contribution in [0, 0.1) is 0 Å². The Hall–Kier alpha value is -0.180. The molecule has 0 amide bonds. The minimum absolute atomic E-state index is 0.158. The van der Waals surface area contributed by atoms with Crippen LogP contribution in [0.15, 0.2) is 12.7 Å². The molecule has 0 rings (SSSR count). The third-order valence-corrected chi connectivity index (χ3v) is 3.17. The standard InChI is InChI=1S/C7H14FO3P/c1-4-7(8)12(9,10-5-2)11-6-3/h4,7H,1,5-6H2,2-3H3. The first-order valence-corrected chi connectivity index (χ1v) is 5.37. The number of halogens is 1. The van der Waals surface area contributed by atoms with Gasteiger partial charge in [-0.15, -0.1) is 0 Å². The van der Waals surface area contributed by atoms with Gasteiger partial charge in [0.05, 0.1) is 13.2 Å². The molecule has 0 aliphatic carbocycles. The second-order valence-electron chi connectivity index (χ2n) is 1.98. The van der Waals surface area contributed by atoms with E-state index in [1.165, 1.54) is 0 Å². The Morgan fingerprint density at radius 2 is 1.92 bits per heavy atom. The highest BCUT2D eigenvalue weighted by atomic mass is 31.2. The fraction of sp³-hybridized carbons (Fsp3) is 0.714. The third kappa shape index (κ3) is 3.05. The topological polar surface area (TPSA) is 35.5 Å². The fourth-order valence-corrected chi connectivity index (χ4v) is 2.01. The summed E-state index contributed by atoms with van der Waals surface area (Å²) in [5.74, 6) is -1.74. The lowest BCUT2D eigenvalue weighted by atomic mass is 10.7. The van der Waals surface area contributed by atoms with Gasteiger partial charge in [0.25, 0.3) is 0 Å². The van der Waals surface area contributed by atoms with Gasteiger partial charge in [-0.3, -0.25) is 4.57 Å². The first-order valence-electron chi connectivity index (χ1n) is 3.76. The van der Waals surface area contributed by atoms with Crippen molar-refractivity contribution in [3.05, 3.63) is 12.7 Å². The van der Waals surface area contributed by atoms with Gasteiger partial charge in [0.15, 0.2) is 0 Å². The fourth-order valence-electron chi connectivity index (χ4n) is 0.669. The van der Waals surface area contributed by atoms with E-state index in [-0.39, 0.29) is 13.2 Å². The highest BCUT2D eigenvalue weighted by Crippen LogP contribution is 2.53. The molecule has 0 aromatic rings. The van der Waals surface area contributed by atoms with Gasteiger partial charge in [0.2, 0.25) is 5.91 Å².